The minimum absolute atomic E-state index is 0.0581. The molecular formula is C12H18FN. The van der Waals surface area contributed by atoms with Crippen molar-refractivity contribution in [3.63, 3.8) is 0 Å². The van der Waals surface area contributed by atoms with E-state index in [1.54, 1.807) is 6.07 Å². The number of rotatable bonds is 3. The molecule has 0 aliphatic rings. The lowest BCUT2D eigenvalue weighted by Gasteiger charge is -2.24. The Kier molecular flexibility index (Phi) is 3.27. The van der Waals surface area contributed by atoms with Crippen molar-refractivity contribution < 1.29 is 4.39 Å². The number of nitrogens with one attached hydrogen (secondary N) is 1. The number of hydrogen-bond acceptors (Lipinski definition) is 1. The minimum atomic E-state index is -0.159. The van der Waals surface area contributed by atoms with Crippen LogP contribution in [0.5, 0.6) is 0 Å². The summed E-state index contributed by atoms with van der Waals surface area (Å²) in [6, 6.07) is 4.97. The minimum Gasteiger partial charge on any atom is -0.314 e. The van der Waals surface area contributed by atoms with Crippen LogP contribution in [0.25, 0.3) is 0 Å². The van der Waals surface area contributed by atoms with E-state index in [1.807, 2.05) is 20.0 Å². The number of hydrogen-bond donors (Lipinski definition) is 1. The van der Waals surface area contributed by atoms with Crippen LogP contribution in [0.1, 0.15) is 25.0 Å². The van der Waals surface area contributed by atoms with Gasteiger partial charge in [-0.3, -0.25) is 0 Å². The Morgan fingerprint density at radius 1 is 1.36 bits per heavy atom. The van der Waals surface area contributed by atoms with Gasteiger partial charge >= 0.3 is 0 Å². The molecule has 0 saturated heterocycles. The number of halogens is 1. The monoisotopic (exact) mass is 195 g/mol. The molecule has 0 aromatic heterocycles. The first kappa shape index (κ1) is 11.2. The Labute approximate surface area is 85.3 Å². The van der Waals surface area contributed by atoms with Crippen molar-refractivity contribution in [3.8, 4) is 0 Å². The van der Waals surface area contributed by atoms with Gasteiger partial charge in [-0.05, 0) is 57.5 Å². The predicted molar refractivity (Wildman–Crippen MR) is 58.0 cm³/mol. The molecule has 1 aromatic carbocycles. The molecule has 0 aliphatic carbocycles. The van der Waals surface area contributed by atoms with Crippen LogP contribution >= 0.6 is 0 Å². The number of benzene rings is 1. The zero-order valence-corrected chi connectivity index (χ0v) is 9.32. The second kappa shape index (κ2) is 4.09. The first-order chi connectivity index (χ1) is 6.44. The standard InChI is InChI=1S/C12H18FN/c1-9-7-11(13)6-5-10(9)8-12(2,3)14-4/h5-7,14H,8H2,1-4H3. The fourth-order valence-electron chi connectivity index (χ4n) is 1.42. The molecule has 0 spiro atoms. The largest absolute Gasteiger partial charge is 0.314 e. The van der Waals surface area contributed by atoms with Crippen LogP contribution in [0.4, 0.5) is 4.39 Å². The van der Waals surface area contributed by atoms with Crippen LogP contribution < -0.4 is 5.32 Å². The van der Waals surface area contributed by atoms with Crippen LogP contribution in [0.3, 0.4) is 0 Å². The van der Waals surface area contributed by atoms with Gasteiger partial charge in [0.15, 0.2) is 0 Å². The Bertz CT molecular complexity index is 318. The highest BCUT2D eigenvalue weighted by atomic mass is 19.1. The molecule has 0 amide bonds. The fourth-order valence-corrected chi connectivity index (χ4v) is 1.42. The van der Waals surface area contributed by atoms with E-state index in [1.165, 1.54) is 11.6 Å². The molecule has 2 heteroatoms. The maximum Gasteiger partial charge on any atom is 0.123 e. The van der Waals surface area contributed by atoms with Crippen molar-refractivity contribution in [1.82, 2.24) is 5.32 Å². The lowest BCUT2D eigenvalue weighted by Crippen LogP contribution is -2.38. The summed E-state index contributed by atoms with van der Waals surface area (Å²) in [5, 5.41) is 3.24. The van der Waals surface area contributed by atoms with Crippen LogP contribution in [0.2, 0.25) is 0 Å². The van der Waals surface area contributed by atoms with E-state index in [4.69, 9.17) is 0 Å². The molecule has 0 saturated carbocycles. The van der Waals surface area contributed by atoms with E-state index in [-0.39, 0.29) is 11.4 Å². The highest BCUT2D eigenvalue weighted by molar-refractivity contribution is 5.28. The first-order valence-electron chi connectivity index (χ1n) is 4.88. The average molecular weight is 195 g/mol. The molecule has 0 unspecified atom stereocenters. The van der Waals surface area contributed by atoms with Gasteiger partial charge in [-0.2, -0.15) is 0 Å². The molecular weight excluding hydrogens is 177 g/mol. The quantitative estimate of drug-likeness (QED) is 0.782. The van der Waals surface area contributed by atoms with Gasteiger partial charge in [-0.1, -0.05) is 6.07 Å². The smallest absolute Gasteiger partial charge is 0.123 e. The van der Waals surface area contributed by atoms with Gasteiger partial charge in [-0.15, -0.1) is 0 Å². The summed E-state index contributed by atoms with van der Waals surface area (Å²) in [7, 11) is 1.94. The van der Waals surface area contributed by atoms with E-state index >= 15 is 0 Å². The van der Waals surface area contributed by atoms with Crippen molar-refractivity contribution in [2.75, 3.05) is 7.05 Å². The van der Waals surface area contributed by atoms with Crippen LogP contribution in [-0.2, 0) is 6.42 Å². The van der Waals surface area contributed by atoms with E-state index in [9.17, 15) is 4.39 Å². The normalized spacial score (nSPS) is 11.8. The van der Waals surface area contributed by atoms with Crippen molar-refractivity contribution in [1.29, 1.82) is 0 Å². The van der Waals surface area contributed by atoms with E-state index in [0.29, 0.717) is 0 Å². The summed E-state index contributed by atoms with van der Waals surface area (Å²) in [6.45, 7) is 6.22. The summed E-state index contributed by atoms with van der Waals surface area (Å²) in [4.78, 5) is 0. The molecule has 0 fully saturated rings. The molecule has 1 N–H and O–H groups in total. The highest BCUT2D eigenvalue weighted by Gasteiger charge is 2.16. The summed E-state index contributed by atoms with van der Waals surface area (Å²) in [5.74, 6) is -0.159. The molecule has 0 radical (unpaired) electrons. The molecule has 14 heavy (non-hydrogen) atoms. The van der Waals surface area contributed by atoms with E-state index < -0.39 is 0 Å². The van der Waals surface area contributed by atoms with Crippen LogP contribution in [0.15, 0.2) is 18.2 Å². The van der Waals surface area contributed by atoms with Crippen molar-refractivity contribution in [2.45, 2.75) is 32.7 Å². The van der Waals surface area contributed by atoms with Gasteiger partial charge in [0.05, 0.1) is 0 Å². The zero-order chi connectivity index (χ0) is 10.8. The molecule has 0 heterocycles. The Morgan fingerprint density at radius 3 is 2.50 bits per heavy atom. The summed E-state index contributed by atoms with van der Waals surface area (Å²) < 4.78 is 12.8. The van der Waals surface area contributed by atoms with E-state index in [2.05, 4.69) is 19.2 Å². The van der Waals surface area contributed by atoms with Gasteiger partial charge in [0.1, 0.15) is 5.82 Å². The third kappa shape index (κ3) is 2.81. The molecule has 0 aliphatic heterocycles. The van der Waals surface area contributed by atoms with Crippen LogP contribution in [-0.4, -0.2) is 12.6 Å². The number of likely N-dealkylation sites (N-methyl/N-ethyl adjacent to an activating group) is 1. The average Bonchev–Trinajstić information content (AvgIpc) is 2.10. The molecule has 1 aromatic rings. The van der Waals surface area contributed by atoms with E-state index in [0.717, 1.165) is 12.0 Å². The third-order valence-electron chi connectivity index (χ3n) is 2.61. The topological polar surface area (TPSA) is 12.0 Å². The molecule has 1 rings (SSSR count). The SMILES string of the molecule is CNC(C)(C)Cc1ccc(F)cc1C. The maximum absolute atomic E-state index is 12.8. The van der Waals surface area contributed by atoms with Gasteiger partial charge < -0.3 is 5.32 Å². The molecule has 0 bridgehead atoms. The summed E-state index contributed by atoms with van der Waals surface area (Å²) in [6.07, 6.45) is 0.912. The lowest BCUT2D eigenvalue weighted by atomic mass is 9.92. The summed E-state index contributed by atoms with van der Waals surface area (Å²) in [5.41, 5.74) is 2.28. The third-order valence-corrected chi connectivity index (χ3v) is 2.61. The zero-order valence-electron chi connectivity index (χ0n) is 9.32. The summed E-state index contributed by atoms with van der Waals surface area (Å²) >= 11 is 0. The van der Waals surface area contributed by atoms with Gasteiger partial charge in [0.2, 0.25) is 0 Å². The number of aryl methyl sites for hydroxylation is 1. The molecule has 1 nitrogen and oxygen atoms in total. The van der Waals surface area contributed by atoms with Gasteiger partial charge in [0.25, 0.3) is 0 Å². The highest BCUT2D eigenvalue weighted by Crippen LogP contribution is 2.16. The predicted octanol–water partition coefficient (Wildman–Crippen LogP) is 2.67. The lowest BCUT2D eigenvalue weighted by molar-refractivity contribution is 0.421. The Hall–Kier alpha value is -0.890. The van der Waals surface area contributed by atoms with Crippen molar-refractivity contribution >= 4 is 0 Å². The second-order valence-electron chi connectivity index (χ2n) is 4.38. The molecule has 78 valence electrons. The van der Waals surface area contributed by atoms with Crippen LogP contribution in [0, 0.1) is 12.7 Å². The van der Waals surface area contributed by atoms with Crippen molar-refractivity contribution in [3.05, 3.63) is 35.1 Å². The maximum atomic E-state index is 12.8. The second-order valence-corrected chi connectivity index (χ2v) is 4.38. The first-order valence-corrected chi connectivity index (χ1v) is 4.88. The Balaban J connectivity index is 2.87. The van der Waals surface area contributed by atoms with Gasteiger partial charge in [0, 0.05) is 5.54 Å². The van der Waals surface area contributed by atoms with Gasteiger partial charge in [-0.25, -0.2) is 4.39 Å². The molecule has 0 atom stereocenters. The Morgan fingerprint density at radius 2 is 2.00 bits per heavy atom. The fraction of sp³-hybridized carbons (Fsp3) is 0.500. The van der Waals surface area contributed by atoms with Crippen molar-refractivity contribution in [2.24, 2.45) is 0 Å².